The molecule has 2 aromatic carbocycles. The highest BCUT2D eigenvalue weighted by atomic mass is 32.2. The lowest BCUT2D eigenvalue weighted by Crippen LogP contribution is -2.09. The zero-order chi connectivity index (χ0) is 16.3. The van der Waals surface area contributed by atoms with Gasteiger partial charge in [0.1, 0.15) is 0 Å². The number of sulfonamides is 1. The van der Waals surface area contributed by atoms with Crippen LogP contribution < -0.4 is 4.72 Å². The lowest BCUT2D eigenvalue weighted by Gasteiger charge is -2.15. The molecule has 4 nitrogen and oxygen atoms in total. The van der Waals surface area contributed by atoms with Crippen molar-refractivity contribution in [2.45, 2.75) is 19.8 Å². The first kappa shape index (κ1) is 16.1. The molecule has 0 saturated heterocycles. The third-order valence-electron chi connectivity index (χ3n) is 3.29. The van der Waals surface area contributed by atoms with Gasteiger partial charge in [0.05, 0.1) is 17.9 Å². The summed E-state index contributed by atoms with van der Waals surface area (Å²) >= 11 is 0. The Hall–Kier alpha value is -2.32. The van der Waals surface area contributed by atoms with Crippen LogP contribution in [0.4, 0.5) is 5.69 Å². The predicted molar refractivity (Wildman–Crippen MR) is 89.1 cm³/mol. The van der Waals surface area contributed by atoms with Crippen LogP contribution in [0.1, 0.15) is 30.9 Å². The van der Waals surface area contributed by atoms with E-state index in [9.17, 15) is 13.7 Å². The molecular formula is C17H18N2O2S. The van der Waals surface area contributed by atoms with Gasteiger partial charge >= 0.3 is 0 Å². The Morgan fingerprint density at radius 2 is 1.82 bits per heavy atom. The van der Waals surface area contributed by atoms with Gasteiger partial charge in [-0.1, -0.05) is 38.1 Å². The molecule has 0 aliphatic rings. The van der Waals surface area contributed by atoms with Gasteiger partial charge in [0.2, 0.25) is 10.0 Å². The van der Waals surface area contributed by atoms with Crippen LogP contribution >= 0.6 is 0 Å². The second kappa shape index (κ2) is 6.20. The summed E-state index contributed by atoms with van der Waals surface area (Å²) < 4.78 is 25.2. The molecule has 0 aliphatic carbocycles. The summed E-state index contributed by atoms with van der Waals surface area (Å²) in [5, 5.41) is 9.38. The van der Waals surface area contributed by atoms with Crippen molar-refractivity contribution in [2.24, 2.45) is 0 Å². The normalized spacial score (nSPS) is 11.2. The molecule has 2 aromatic rings. The zero-order valence-corrected chi connectivity index (χ0v) is 13.6. The largest absolute Gasteiger partial charge is 0.284 e. The highest BCUT2D eigenvalue weighted by molar-refractivity contribution is 7.92. The summed E-state index contributed by atoms with van der Waals surface area (Å²) in [5.74, 6) is 0.259. The van der Waals surface area contributed by atoms with Gasteiger partial charge in [0.25, 0.3) is 0 Å². The van der Waals surface area contributed by atoms with Crippen LogP contribution in [0.5, 0.6) is 0 Å². The van der Waals surface area contributed by atoms with Gasteiger partial charge < -0.3 is 0 Å². The van der Waals surface area contributed by atoms with E-state index in [0.717, 1.165) is 22.9 Å². The van der Waals surface area contributed by atoms with Gasteiger partial charge in [-0.05, 0) is 35.2 Å². The maximum absolute atomic E-state index is 11.4. The maximum atomic E-state index is 11.4. The molecule has 1 N–H and O–H groups in total. The molecule has 0 heterocycles. The van der Waals surface area contributed by atoms with Crippen molar-refractivity contribution >= 4 is 15.7 Å². The van der Waals surface area contributed by atoms with Crippen LogP contribution in [0.15, 0.2) is 42.5 Å². The van der Waals surface area contributed by atoms with E-state index in [0.29, 0.717) is 11.3 Å². The molecule has 0 fully saturated rings. The van der Waals surface area contributed by atoms with Crippen molar-refractivity contribution in [3.8, 4) is 17.2 Å². The monoisotopic (exact) mass is 314 g/mol. The highest BCUT2D eigenvalue weighted by Crippen LogP contribution is 2.33. The van der Waals surface area contributed by atoms with E-state index in [2.05, 4.69) is 24.6 Å². The Morgan fingerprint density at radius 1 is 1.14 bits per heavy atom. The fraction of sp³-hybridized carbons (Fsp3) is 0.235. The lowest BCUT2D eigenvalue weighted by molar-refractivity contribution is 0.607. The average molecular weight is 314 g/mol. The van der Waals surface area contributed by atoms with Gasteiger partial charge in [-0.15, -0.1) is 0 Å². The topological polar surface area (TPSA) is 70.0 Å². The van der Waals surface area contributed by atoms with E-state index < -0.39 is 10.0 Å². The summed E-state index contributed by atoms with van der Waals surface area (Å²) in [4.78, 5) is 0. The van der Waals surface area contributed by atoms with Crippen molar-refractivity contribution < 1.29 is 8.42 Å². The maximum Gasteiger partial charge on any atom is 0.229 e. The molecular weight excluding hydrogens is 296 g/mol. The first-order valence-electron chi connectivity index (χ1n) is 6.93. The van der Waals surface area contributed by atoms with Crippen LogP contribution in [-0.4, -0.2) is 14.7 Å². The minimum atomic E-state index is -3.33. The van der Waals surface area contributed by atoms with E-state index in [1.54, 1.807) is 24.3 Å². The Labute approximate surface area is 131 Å². The molecule has 0 unspecified atom stereocenters. The molecule has 2 rings (SSSR count). The van der Waals surface area contributed by atoms with E-state index in [4.69, 9.17) is 0 Å². The fourth-order valence-electron chi connectivity index (χ4n) is 2.42. The minimum absolute atomic E-state index is 0.259. The number of nitrogens with one attached hydrogen (secondary N) is 1. The third kappa shape index (κ3) is 3.66. The standard InChI is InChI=1S/C17H18N2O2S/c1-12(2)16-9-5-7-14(11-18)17(16)13-6-4-8-15(10-13)19-22(3,20)21/h4-10,12,19H,1-3H3. The number of nitrogens with zero attached hydrogens (tertiary/aromatic N) is 1. The molecule has 0 saturated carbocycles. The van der Waals surface area contributed by atoms with Crippen molar-refractivity contribution in [3.05, 3.63) is 53.6 Å². The van der Waals surface area contributed by atoms with E-state index in [1.165, 1.54) is 0 Å². The van der Waals surface area contributed by atoms with Gasteiger partial charge in [0, 0.05) is 11.3 Å². The molecule has 114 valence electrons. The van der Waals surface area contributed by atoms with Crippen molar-refractivity contribution in [3.63, 3.8) is 0 Å². The SMILES string of the molecule is CC(C)c1cccc(C#N)c1-c1cccc(NS(C)(=O)=O)c1. The predicted octanol–water partition coefficient (Wildman–Crippen LogP) is 3.72. The van der Waals surface area contributed by atoms with E-state index in [1.807, 2.05) is 18.2 Å². The van der Waals surface area contributed by atoms with Gasteiger partial charge in [0.15, 0.2) is 0 Å². The Kier molecular flexibility index (Phi) is 4.53. The Bertz CT molecular complexity index is 834. The van der Waals surface area contributed by atoms with Crippen LogP contribution in [0.3, 0.4) is 0 Å². The summed E-state index contributed by atoms with van der Waals surface area (Å²) in [6, 6.07) is 15.0. The Morgan fingerprint density at radius 3 is 2.41 bits per heavy atom. The molecule has 0 atom stereocenters. The number of hydrogen-bond acceptors (Lipinski definition) is 3. The summed E-state index contributed by atoms with van der Waals surface area (Å²) in [7, 11) is -3.33. The van der Waals surface area contributed by atoms with Crippen LogP contribution in [0, 0.1) is 11.3 Å². The van der Waals surface area contributed by atoms with Crippen LogP contribution in [0.2, 0.25) is 0 Å². The van der Waals surface area contributed by atoms with Crippen molar-refractivity contribution in [1.29, 1.82) is 5.26 Å². The number of hydrogen-bond donors (Lipinski definition) is 1. The second-order valence-corrected chi connectivity index (χ2v) is 7.24. The van der Waals surface area contributed by atoms with Gasteiger partial charge in [-0.2, -0.15) is 5.26 Å². The fourth-order valence-corrected chi connectivity index (χ4v) is 2.97. The highest BCUT2D eigenvalue weighted by Gasteiger charge is 2.14. The Balaban J connectivity index is 2.62. The second-order valence-electron chi connectivity index (χ2n) is 5.49. The molecule has 0 bridgehead atoms. The molecule has 22 heavy (non-hydrogen) atoms. The first-order chi connectivity index (χ1) is 10.3. The molecule has 0 amide bonds. The average Bonchev–Trinajstić information content (AvgIpc) is 2.44. The number of rotatable bonds is 4. The number of benzene rings is 2. The summed E-state index contributed by atoms with van der Waals surface area (Å²) in [5.41, 5.74) is 3.83. The number of anilines is 1. The molecule has 0 aromatic heterocycles. The van der Waals surface area contributed by atoms with Crippen LogP contribution in [-0.2, 0) is 10.0 Å². The van der Waals surface area contributed by atoms with Gasteiger partial charge in [-0.3, -0.25) is 4.72 Å². The van der Waals surface area contributed by atoms with Gasteiger partial charge in [-0.25, -0.2) is 8.42 Å². The van der Waals surface area contributed by atoms with Crippen LogP contribution in [0.25, 0.3) is 11.1 Å². The zero-order valence-electron chi connectivity index (χ0n) is 12.8. The minimum Gasteiger partial charge on any atom is -0.284 e. The first-order valence-corrected chi connectivity index (χ1v) is 8.82. The van der Waals surface area contributed by atoms with E-state index >= 15 is 0 Å². The van der Waals surface area contributed by atoms with Crippen molar-refractivity contribution in [1.82, 2.24) is 0 Å². The molecule has 0 aliphatic heterocycles. The molecule has 0 radical (unpaired) electrons. The summed E-state index contributed by atoms with van der Waals surface area (Å²) in [6.07, 6.45) is 1.11. The van der Waals surface area contributed by atoms with E-state index in [-0.39, 0.29) is 5.92 Å². The molecule has 5 heteroatoms. The quantitative estimate of drug-likeness (QED) is 0.935. The lowest BCUT2D eigenvalue weighted by atomic mass is 9.89. The molecule has 0 spiro atoms. The van der Waals surface area contributed by atoms with Crippen molar-refractivity contribution in [2.75, 3.05) is 11.0 Å². The third-order valence-corrected chi connectivity index (χ3v) is 3.90. The smallest absolute Gasteiger partial charge is 0.229 e. The summed E-state index contributed by atoms with van der Waals surface area (Å²) in [6.45, 7) is 4.14. The number of nitriles is 1.